The number of fused-ring (bicyclic) bond motifs is 4. The molecule has 1 fully saturated rings. The van der Waals surface area contributed by atoms with Crippen LogP contribution in [0.3, 0.4) is 0 Å². The molecule has 25 heavy (non-hydrogen) atoms. The summed E-state index contributed by atoms with van der Waals surface area (Å²) < 4.78 is 6.51. The lowest BCUT2D eigenvalue weighted by Gasteiger charge is -2.45. The molecule has 0 radical (unpaired) electrons. The van der Waals surface area contributed by atoms with Crippen LogP contribution in [0.2, 0.25) is 5.02 Å². The van der Waals surface area contributed by atoms with Gasteiger partial charge in [-0.1, -0.05) is 41.4 Å². The van der Waals surface area contributed by atoms with Crippen molar-refractivity contribution in [2.24, 2.45) is 5.10 Å². The molecule has 5 rings (SSSR count). The number of aryl methyl sites for hydroxylation is 1. The molecule has 0 N–H and O–H groups in total. The van der Waals surface area contributed by atoms with Gasteiger partial charge in [0, 0.05) is 29.8 Å². The Morgan fingerprint density at radius 1 is 1.12 bits per heavy atom. The summed E-state index contributed by atoms with van der Waals surface area (Å²) in [4.78, 5) is 0. The number of hydrazone groups is 1. The van der Waals surface area contributed by atoms with Crippen molar-refractivity contribution in [2.45, 2.75) is 50.8 Å². The van der Waals surface area contributed by atoms with Gasteiger partial charge in [0.15, 0.2) is 5.72 Å². The van der Waals surface area contributed by atoms with Crippen molar-refractivity contribution >= 4 is 17.3 Å². The number of hydrogen-bond acceptors (Lipinski definition) is 3. The van der Waals surface area contributed by atoms with Gasteiger partial charge in [0.25, 0.3) is 0 Å². The van der Waals surface area contributed by atoms with Crippen molar-refractivity contribution in [3.63, 3.8) is 0 Å². The van der Waals surface area contributed by atoms with Gasteiger partial charge in [0.1, 0.15) is 5.75 Å². The molecule has 3 aliphatic rings. The van der Waals surface area contributed by atoms with E-state index in [4.69, 9.17) is 21.4 Å². The van der Waals surface area contributed by atoms with Crippen molar-refractivity contribution in [1.29, 1.82) is 0 Å². The third-order valence-electron chi connectivity index (χ3n) is 5.73. The first kappa shape index (κ1) is 15.3. The predicted molar refractivity (Wildman–Crippen MR) is 100 cm³/mol. The highest BCUT2D eigenvalue weighted by Crippen LogP contribution is 2.52. The smallest absolute Gasteiger partial charge is 0.198 e. The maximum Gasteiger partial charge on any atom is 0.198 e. The lowest BCUT2D eigenvalue weighted by Crippen LogP contribution is -2.51. The summed E-state index contributed by atoms with van der Waals surface area (Å²) in [5.74, 6) is 0.980. The Morgan fingerprint density at radius 3 is 2.64 bits per heavy atom. The van der Waals surface area contributed by atoms with Crippen LogP contribution in [-0.2, 0) is 0 Å². The van der Waals surface area contributed by atoms with Gasteiger partial charge in [-0.15, -0.1) is 0 Å². The predicted octanol–water partition coefficient (Wildman–Crippen LogP) is 5.46. The molecule has 0 saturated heterocycles. The fourth-order valence-corrected chi connectivity index (χ4v) is 4.61. The Bertz CT molecular complexity index is 853. The molecule has 1 spiro atoms. The third kappa shape index (κ3) is 2.36. The molecule has 0 amide bonds. The molecule has 1 atom stereocenters. The van der Waals surface area contributed by atoms with Crippen LogP contribution in [-0.4, -0.2) is 16.4 Å². The first-order chi connectivity index (χ1) is 12.1. The minimum absolute atomic E-state index is 0.219. The SMILES string of the molecule is Cc1ccc(C2=NN3C(C2)c2cc(Cl)ccc2OC32CCCC2)cc1. The average Bonchev–Trinajstić information content (AvgIpc) is 3.25. The van der Waals surface area contributed by atoms with Gasteiger partial charge < -0.3 is 4.74 Å². The second-order valence-corrected chi connectivity index (χ2v) is 7.85. The summed E-state index contributed by atoms with van der Waals surface area (Å²) in [6, 6.07) is 14.9. The van der Waals surface area contributed by atoms with E-state index >= 15 is 0 Å². The Kier molecular flexibility index (Phi) is 3.36. The first-order valence-corrected chi connectivity index (χ1v) is 9.45. The number of nitrogens with zero attached hydrogens (tertiary/aromatic N) is 2. The normalized spacial score (nSPS) is 23.2. The number of rotatable bonds is 1. The zero-order valence-electron chi connectivity index (χ0n) is 14.3. The van der Waals surface area contributed by atoms with E-state index in [9.17, 15) is 0 Å². The Morgan fingerprint density at radius 2 is 1.88 bits per heavy atom. The van der Waals surface area contributed by atoms with E-state index in [0.717, 1.165) is 41.3 Å². The van der Waals surface area contributed by atoms with E-state index in [2.05, 4.69) is 36.2 Å². The van der Waals surface area contributed by atoms with Crippen molar-refractivity contribution < 1.29 is 4.74 Å². The minimum atomic E-state index is -0.280. The summed E-state index contributed by atoms with van der Waals surface area (Å²) in [5.41, 5.74) is 4.51. The van der Waals surface area contributed by atoms with Crippen LogP contribution in [0, 0.1) is 6.92 Å². The van der Waals surface area contributed by atoms with Crippen LogP contribution >= 0.6 is 11.6 Å². The molecule has 0 bridgehead atoms. The van der Waals surface area contributed by atoms with Gasteiger partial charge in [0.05, 0.1) is 11.8 Å². The maximum atomic E-state index is 6.51. The van der Waals surface area contributed by atoms with Gasteiger partial charge >= 0.3 is 0 Å². The molecule has 128 valence electrons. The molecule has 4 heteroatoms. The van der Waals surface area contributed by atoms with Gasteiger partial charge in [-0.25, -0.2) is 5.01 Å². The Labute approximate surface area is 153 Å². The summed E-state index contributed by atoms with van der Waals surface area (Å²) in [6.07, 6.45) is 5.37. The molecule has 1 saturated carbocycles. The molecular formula is C21H21ClN2O. The zero-order chi connectivity index (χ0) is 17.0. The third-order valence-corrected chi connectivity index (χ3v) is 5.96. The van der Waals surface area contributed by atoms with Crippen molar-refractivity contribution in [1.82, 2.24) is 5.01 Å². The lowest BCUT2D eigenvalue weighted by atomic mass is 9.94. The van der Waals surface area contributed by atoms with Crippen molar-refractivity contribution in [2.75, 3.05) is 0 Å². The number of ether oxygens (including phenoxy) is 1. The quantitative estimate of drug-likeness (QED) is 0.680. The number of benzene rings is 2. The fourth-order valence-electron chi connectivity index (χ4n) is 4.43. The highest BCUT2D eigenvalue weighted by atomic mass is 35.5. The molecule has 2 aromatic carbocycles. The van der Waals surface area contributed by atoms with E-state index < -0.39 is 0 Å². The maximum absolute atomic E-state index is 6.51. The second-order valence-electron chi connectivity index (χ2n) is 7.41. The highest BCUT2D eigenvalue weighted by molar-refractivity contribution is 6.30. The van der Waals surface area contributed by atoms with Crippen LogP contribution in [0.4, 0.5) is 0 Å². The van der Waals surface area contributed by atoms with Crippen LogP contribution in [0.5, 0.6) is 5.75 Å². The second kappa shape index (κ2) is 5.50. The van der Waals surface area contributed by atoms with Crippen LogP contribution in [0.25, 0.3) is 0 Å². The van der Waals surface area contributed by atoms with Crippen LogP contribution in [0.1, 0.15) is 54.8 Å². The number of hydrogen-bond donors (Lipinski definition) is 0. The van der Waals surface area contributed by atoms with E-state index in [1.165, 1.54) is 24.0 Å². The standard InChI is InChI=1S/C21H21ClN2O/c1-14-4-6-15(7-5-14)18-13-19-17-12-16(22)8-9-20(17)25-21(24(19)23-18)10-2-3-11-21/h4-9,12,19H,2-3,10-11,13H2,1H3. The summed E-state index contributed by atoms with van der Waals surface area (Å²) in [6.45, 7) is 2.11. The molecule has 0 aromatic heterocycles. The largest absolute Gasteiger partial charge is 0.466 e. The van der Waals surface area contributed by atoms with Gasteiger partial charge in [0.2, 0.25) is 0 Å². The lowest BCUT2D eigenvalue weighted by molar-refractivity contribution is -0.114. The number of halogens is 1. The van der Waals surface area contributed by atoms with Gasteiger partial charge in [-0.2, -0.15) is 5.10 Å². The molecule has 1 unspecified atom stereocenters. The van der Waals surface area contributed by atoms with E-state index in [1.807, 2.05) is 18.2 Å². The van der Waals surface area contributed by atoms with Crippen molar-refractivity contribution in [3.05, 3.63) is 64.2 Å². The van der Waals surface area contributed by atoms with Gasteiger partial charge in [-0.3, -0.25) is 0 Å². The molecule has 2 aliphatic heterocycles. The Balaban J connectivity index is 1.60. The summed E-state index contributed by atoms with van der Waals surface area (Å²) in [5, 5.41) is 8.06. The van der Waals surface area contributed by atoms with E-state index in [0.29, 0.717) is 0 Å². The van der Waals surface area contributed by atoms with E-state index in [1.54, 1.807) is 0 Å². The average molecular weight is 353 g/mol. The Hall–Kier alpha value is -2.00. The molecule has 1 aliphatic carbocycles. The summed E-state index contributed by atoms with van der Waals surface area (Å²) in [7, 11) is 0. The van der Waals surface area contributed by atoms with Gasteiger partial charge in [-0.05, 0) is 43.5 Å². The van der Waals surface area contributed by atoms with E-state index in [-0.39, 0.29) is 11.8 Å². The summed E-state index contributed by atoms with van der Waals surface area (Å²) >= 11 is 6.28. The van der Waals surface area contributed by atoms with Crippen LogP contribution in [0.15, 0.2) is 47.6 Å². The first-order valence-electron chi connectivity index (χ1n) is 9.07. The minimum Gasteiger partial charge on any atom is -0.466 e. The van der Waals surface area contributed by atoms with Crippen molar-refractivity contribution in [3.8, 4) is 5.75 Å². The molecule has 2 aromatic rings. The fraction of sp³-hybridized carbons (Fsp3) is 0.381. The monoisotopic (exact) mass is 352 g/mol. The van der Waals surface area contributed by atoms with Crippen LogP contribution < -0.4 is 4.74 Å². The zero-order valence-corrected chi connectivity index (χ0v) is 15.1. The molecular weight excluding hydrogens is 332 g/mol. The molecule has 3 nitrogen and oxygen atoms in total. The topological polar surface area (TPSA) is 24.8 Å². The highest BCUT2D eigenvalue weighted by Gasteiger charge is 2.51. The molecule has 2 heterocycles.